The van der Waals surface area contributed by atoms with E-state index < -0.39 is 18.2 Å². The van der Waals surface area contributed by atoms with Crippen molar-refractivity contribution in [3.63, 3.8) is 0 Å². The zero-order chi connectivity index (χ0) is 14.1. The van der Waals surface area contributed by atoms with Gasteiger partial charge in [0.1, 0.15) is 6.10 Å². The average molecular weight is 276 g/mol. The van der Waals surface area contributed by atoms with Gasteiger partial charge in [0.2, 0.25) is 5.91 Å². The average Bonchev–Trinajstić information content (AvgIpc) is 2.66. The molecule has 0 bridgehead atoms. The van der Waals surface area contributed by atoms with Crippen LogP contribution in [0.15, 0.2) is 24.5 Å². The van der Waals surface area contributed by atoms with Crippen LogP contribution in [0.25, 0.3) is 0 Å². The maximum atomic E-state index is 12.1. The molecule has 1 aromatic rings. The predicted octanol–water partition coefficient (Wildman–Crippen LogP) is 0.576. The Morgan fingerprint density at radius 3 is 2.75 bits per heavy atom. The summed E-state index contributed by atoms with van der Waals surface area (Å²) in [6.45, 7) is 0. The van der Waals surface area contributed by atoms with Crippen LogP contribution in [0.5, 0.6) is 0 Å². The highest BCUT2D eigenvalue weighted by atomic mass is 16.3. The van der Waals surface area contributed by atoms with Gasteiger partial charge in [-0.25, -0.2) is 0 Å². The zero-order valence-corrected chi connectivity index (χ0v) is 11.3. The summed E-state index contributed by atoms with van der Waals surface area (Å²) in [6, 6.07) is 3.32. The van der Waals surface area contributed by atoms with Crippen molar-refractivity contribution in [1.82, 2.24) is 10.3 Å². The molecule has 1 aromatic heterocycles. The Morgan fingerprint density at radius 2 is 2.15 bits per heavy atom. The van der Waals surface area contributed by atoms with Gasteiger partial charge in [0, 0.05) is 24.2 Å². The first-order valence-corrected chi connectivity index (χ1v) is 7.23. The Morgan fingerprint density at radius 1 is 1.35 bits per heavy atom. The monoisotopic (exact) mass is 276 g/mol. The Bertz CT molecular complexity index is 475. The number of carbonyl (C=O) groups is 1. The number of nitrogens with zero attached hydrogens (tertiary/aromatic N) is 1. The fourth-order valence-electron chi connectivity index (χ4n) is 3.10. The first kappa shape index (κ1) is 13.5. The van der Waals surface area contributed by atoms with Crippen LogP contribution in [0.2, 0.25) is 0 Å². The maximum absolute atomic E-state index is 12.1. The lowest BCUT2D eigenvalue weighted by atomic mass is 9.84. The summed E-state index contributed by atoms with van der Waals surface area (Å²) in [4.78, 5) is 16.2. The lowest BCUT2D eigenvalue weighted by Crippen LogP contribution is -2.48. The molecule has 3 N–H and O–H groups in total. The van der Waals surface area contributed by atoms with Crippen LogP contribution in [0.4, 0.5) is 0 Å². The van der Waals surface area contributed by atoms with Crippen LogP contribution in [0.3, 0.4) is 0 Å². The molecular weight excluding hydrogens is 256 g/mol. The topological polar surface area (TPSA) is 82.5 Å². The summed E-state index contributed by atoms with van der Waals surface area (Å²) in [5.41, 5.74) is 0.946. The smallest absolute Gasteiger partial charge is 0.223 e. The van der Waals surface area contributed by atoms with Crippen molar-refractivity contribution < 1.29 is 15.0 Å². The molecule has 1 heterocycles. The number of aromatic nitrogens is 1. The number of aliphatic hydroxyl groups is 2. The first-order valence-electron chi connectivity index (χ1n) is 7.23. The summed E-state index contributed by atoms with van der Waals surface area (Å²) >= 11 is 0. The van der Waals surface area contributed by atoms with Crippen molar-refractivity contribution in [3.05, 3.63) is 30.1 Å². The van der Waals surface area contributed by atoms with Gasteiger partial charge in [-0.05, 0) is 30.9 Å². The van der Waals surface area contributed by atoms with Gasteiger partial charge in [-0.2, -0.15) is 0 Å². The van der Waals surface area contributed by atoms with Gasteiger partial charge in [0.15, 0.2) is 0 Å². The van der Waals surface area contributed by atoms with E-state index in [-0.39, 0.29) is 17.7 Å². The summed E-state index contributed by atoms with van der Waals surface area (Å²) in [6.07, 6.45) is 5.10. The van der Waals surface area contributed by atoms with Gasteiger partial charge in [0.05, 0.1) is 12.1 Å². The standard InChI is InChI=1S/C15H20N2O3/c18-12-7-11(10-5-2-6-16-8-10)13(14(12)19)17-15(20)9-3-1-4-9/h2,5-6,8-9,11-14,18-19H,1,3-4,7H2,(H,17,20)/t11-,12-,13-,14-/m1/s1. The molecule has 0 radical (unpaired) electrons. The van der Waals surface area contributed by atoms with Gasteiger partial charge < -0.3 is 15.5 Å². The molecule has 0 unspecified atom stereocenters. The molecule has 5 heteroatoms. The van der Waals surface area contributed by atoms with Crippen LogP contribution in [-0.4, -0.2) is 39.4 Å². The van der Waals surface area contributed by atoms with Gasteiger partial charge in [-0.1, -0.05) is 12.5 Å². The lowest BCUT2D eigenvalue weighted by Gasteiger charge is -2.29. The van der Waals surface area contributed by atoms with Crippen molar-refractivity contribution in [2.24, 2.45) is 5.92 Å². The molecule has 20 heavy (non-hydrogen) atoms. The molecule has 4 atom stereocenters. The first-order chi connectivity index (χ1) is 9.66. The van der Waals surface area contributed by atoms with Gasteiger partial charge >= 0.3 is 0 Å². The van der Waals surface area contributed by atoms with Gasteiger partial charge in [-0.3, -0.25) is 9.78 Å². The van der Waals surface area contributed by atoms with Crippen molar-refractivity contribution in [2.45, 2.75) is 49.9 Å². The third-order valence-corrected chi connectivity index (χ3v) is 4.59. The van der Waals surface area contributed by atoms with E-state index >= 15 is 0 Å². The Hall–Kier alpha value is -1.46. The van der Waals surface area contributed by atoms with E-state index in [0.29, 0.717) is 6.42 Å². The van der Waals surface area contributed by atoms with Crippen LogP contribution in [0, 0.1) is 5.92 Å². The molecule has 0 saturated heterocycles. The molecule has 0 spiro atoms. The third-order valence-electron chi connectivity index (χ3n) is 4.59. The highest BCUT2D eigenvalue weighted by molar-refractivity contribution is 5.80. The van der Waals surface area contributed by atoms with Crippen LogP contribution in [0.1, 0.15) is 37.2 Å². The fraction of sp³-hybridized carbons (Fsp3) is 0.600. The third kappa shape index (κ3) is 2.43. The Kier molecular flexibility index (Phi) is 3.72. The number of pyridine rings is 1. The second kappa shape index (κ2) is 5.50. The number of nitrogens with one attached hydrogen (secondary N) is 1. The van der Waals surface area contributed by atoms with Crippen molar-refractivity contribution in [2.75, 3.05) is 0 Å². The minimum absolute atomic E-state index is 0.00305. The number of hydrogen-bond donors (Lipinski definition) is 3. The van der Waals surface area contributed by atoms with Crippen LogP contribution >= 0.6 is 0 Å². The van der Waals surface area contributed by atoms with E-state index in [9.17, 15) is 15.0 Å². The lowest BCUT2D eigenvalue weighted by molar-refractivity contribution is -0.129. The molecule has 2 aliphatic rings. The number of rotatable bonds is 3. The number of amides is 1. The van der Waals surface area contributed by atoms with Gasteiger partial charge in [0.25, 0.3) is 0 Å². The summed E-state index contributed by atoms with van der Waals surface area (Å²) in [5.74, 6) is -0.00416. The molecule has 2 saturated carbocycles. The predicted molar refractivity (Wildman–Crippen MR) is 72.9 cm³/mol. The highest BCUT2D eigenvalue weighted by Gasteiger charge is 2.44. The number of aliphatic hydroxyl groups excluding tert-OH is 2. The molecule has 1 amide bonds. The van der Waals surface area contributed by atoms with E-state index in [4.69, 9.17) is 0 Å². The minimum Gasteiger partial charge on any atom is -0.390 e. The molecule has 5 nitrogen and oxygen atoms in total. The van der Waals surface area contributed by atoms with Gasteiger partial charge in [-0.15, -0.1) is 0 Å². The van der Waals surface area contributed by atoms with E-state index in [1.165, 1.54) is 0 Å². The molecule has 108 valence electrons. The van der Waals surface area contributed by atoms with E-state index in [1.54, 1.807) is 12.4 Å². The molecular formula is C15H20N2O3. The zero-order valence-electron chi connectivity index (χ0n) is 11.3. The van der Waals surface area contributed by atoms with Crippen LogP contribution < -0.4 is 5.32 Å². The minimum atomic E-state index is -0.913. The molecule has 0 aliphatic heterocycles. The summed E-state index contributed by atoms with van der Waals surface area (Å²) in [7, 11) is 0. The largest absolute Gasteiger partial charge is 0.390 e. The normalized spacial score (nSPS) is 33.7. The molecule has 3 rings (SSSR count). The summed E-state index contributed by atoms with van der Waals surface area (Å²) in [5, 5.41) is 23.0. The second-order valence-corrected chi connectivity index (χ2v) is 5.85. The highest BCUT2D eigenvalue weighted by Crippen LogP contribution is 2.36. The molecule has 0 aromatic carbocycles. The van der Waals surface area contributed by atoms with E-state index in [0.717, 1.165) is 24.8 Å². The summed E-state index contributed by atoms with van der Waals surface area (Å²) < 4.78 is 0. The van der Waals surface area contributed by atoms with Crippen molar-refractivity contribution in [3.8, 4) is 0 Å². The molecule has 2 fully saturated rings. The number of hydrogen-bond acceptors (Lipinski definition) is 4. The molecule has 2 aliphatic carbocycles. The quantitative estimate of drug-likeness (QED) is 0.754. The van der Waals surface area contributed by atoms with E-state index in [1.807, 2.05) is 12.1 Å². The fourth-order valence-corrected chi connectivity index (χ4v) is 3.10. The van der Waals surface area contributed by atoms with Crippen molar-refractivity contribution >= 4 is 5.91 Å². The second-order valence-electron chi connectivity index (χ2n) is 5.85. The van der Waals surface area contributed by atoms with Crippen molar-refractivity contribution in [1.29, 1.82) is 0 Å². The number of carbonyl (C=O) groups excluding carboxylic acids is 1. The maximum Gasteiger partial charge on any atom is 0.223 e. The van der Waals surface area contributed by atoms with Crippen LogP contribution in [-0.2, 0) is 4.79 Å². The Labute approximate surface area is 118 Å². The SMILES string of the molecule is O=C(N[C@H]1[C@H](O)[C@H](O)C[C@@H]1c1cccnc1)C1CCC1. The van der Waals surface area contributed by atoms with E-state index in [2.05, 4.69) is 10.3 Å². The Balaban J connectivity index is 1.76.